The second-order valence-corrected chi connectivity index (χ2v) is 4.80. The quantitative estimate of drug-likeness (QED) is 0.865. The Bertz CT molecular complexity index is 680. The fourth-order valence-corrected chi connectivity index (χ4v) is 2.30. The summed E-state index contributed by atoms with van der Waals surface area (Å²) in [5.41, 5.74) is 0.554. The Morgan fingerprint density at radius 2 is 1.81 bits per heavy atom. The van der Waals surface area contributed by atoms with Gasteiger partial charge in [0.05, 0.1) is 12.1 Å². The zero-order valence-electron chi connectivity index (χ0n) is 11.8. The first-order valence-electron chi connectivity index (χ1n) is 6.90. The number of aliphatic imine (C=N–C) groups is 1. The Morgan fingerprint density at radius 1 is 1.10 bits per heavy atom. The van der Waals surface area contributed by atoms with Crippen LogP contribution in [0.5, 0.6) is 11.5 Å². The van der Waals surface area contributed by atoms with Gasteiger partial charge in [-0.25, -0.2) is 0 Å². The second kappa shape index (κ2) is 5.79. The number of carbonyl (C=O) groups excluding carboxylic acids is 1. The summed E-state index contributed by atoms with van der Waals surface area (Å²) < 4.78 is 5.84. The molecule has 21 heavy (non-hydrogen) atoms. The summed E-state index contributed by atoms with van der Waals surface area (Å²) in [5, 5.41) is 0. The van der Waals surface area contributed by atoms with E-state index in [1.165, 1.54) is 0 Å². The molecule has 0 aliphatic carbocycles. The van der Waals surface area contributed by atoms with E-state index < -0.39 is 0 Å². The van der Waals surface area contributed by atoms with Crippen molar-refractivity contribution in [3.8, 4) is 11.5 Å². The second-order valence-electron chi connectivity index (χ2n) is 4.80. The fourth-order valence-electron chi connectivity index (χ4n) is 2.30. The van der Waals surface area contributed by atoms with Gasteiger partial charge in [-0.15, -0.1) is 0 Å². The van der Waals surface area contributed by atoms with Gasteiger partial charge in [0.25, 0.3) is 5.91 Å². The van der Waals surface area contributed by atoms with Crippen LogP contribution in [0.25, 0.3) is 0 Å². The third kappa shape index (κ3) is 2.79. The molecule has 0 spiro atoms. The van der Waals surface area contributed by atoms with Gasteiger partial charge >= 0.3 is 0 Å². The van der Waals surface area contributed by atoms with E-state index in [1.807, 2.05) is 55.5 Å². The predicted octanol–water partition coefficient (Wildman–Crippen LogP) is 3.35. The molecule has 0 atom stereocenters. The average molecular weight is 280 g/mol. The van der Waals surface area contributed by atoms with Crippen LogP contribution in [0.1, 0.15) is 17.3 Å². The smallest absolute Gasteiger partial charge is 0.263 e. The lowest BCUT2D eigenvalue weighted by molar-refractivity contribution is 0.0855. The molecule has 0 N–H and O–H groups in total. The molecule has 0 saturated heterocycles. The standard InChI is InChI=1S/C17H16N2O2/c1-13-18-11-12-19(13)17(20)15-9-5-6-10-16(15)21-14-7-3-2-4-8-14/h2-10H,11-12H2,1H3. The van der Waals surface area contributed by atoms with Crippen LogP contribution < -0.4 is 4.74 Å². The summed E-state index contributed by atoms with van der Waals surface area (Å²) in [6.45, 7) is 3.15. The van der Waals surface area contributed by atoms with E-state index in [0.29, 0.717) is 30.2 Å². The highest BCUT2D eigenvalue weighted by Crippen LogP contribution is 2.26. The summed E-state index contributed by atoms with van der Waals surface area (Å²) >= 11 is 0. The van der Waals surface area contributed by atoms with E-state index in [1.54, 1.807) is 11.0 Å². The minimum atomic E-state index is -0.0692. The molecular weight excluding hydrogens is 264 g/mol. The van der Waals surface area contributed by atoms with Crippen molar-refractivity contribution in [2.24, 2.45) is 4.99 Å². The minimum Gasteiger partial charge on any atom is -0.457 e. The molecule has 2 aromatic rings. The maximum atomic E-state index is 12.6. The van der Waals surface area contributed by atoms with Crippen molar-refractivity contribution in [1.29, 1.82) is 0 Å². The lowest BCUT2D eigenvalue weighted by atomic mass is 10.1. The maximum absolute atomic E-state index is 12.6. The molecule has 2 aromatic carbocycles. The van der Waals surface area contributed by atoms with E-state index in [2.05, 4.69) is 4.99 Å². The summed E-state index contributed by atoms with van der Waals surface area (Å²) in [7, 11) is 0. The summed E-state index contributed by atoms with van der Waals surface area (Å²) in [4.78, 5) is 18.6. The number of ether oxygens (including phenoxy) is 1. The van der Waals surface area contributed by atoms with E-state index in [-0.39, 0.29) is 5.91 Å². The average Bonchev–Trinajstić information content (AvgIpc) is 2.94. The van der Waals surface area contributed by atoms with Crippen LogP contribution in [0.2, 0.25) is 0 Å². The topological polar surface area (TPSA) is 41.9 Å². The highest BCUT2D eigenvalue weighted by atomic mass is 16.5. The van der Waals surface area contributed by atoms with Crippen molar-refractivity contribution < 1.29 is 9.53 Å². The highest BCUT2D eigenvalue weighted by Gasteiger charge is 2.24. The van der Waals surface area contributed by atoms with Crippen LogP contribution in [0, 0.1) is 0 Å². The molecular formula is C17H16N2O2. The third-order valence-electron chi connectivity index (χ3n) is 3.39. The molecule has 1 aliphatic rings. The molecule has 3 rings (SSSR count). The minimum absolute atomic E-state index is 0.0692. The number of rotatable bonds is 3. The van der Waals surface area contributed by atoms with Gasteiger partial charge in [-0.2, -0.15) is 0 Å². The number of para-hydroxylation sites is 2. The van der Waals surface area contributed by atoms with Gasteiger partial charge in [0.15, 0.2) is 0 Å². The molecule has 0 radical (unpaired) electrons. The van der Waals surface area contributed by atoms with Gasteiger partial charge in [0.2, 0.25) is 0 Å². The summed E-state index contributed by atoms with van der Waals surface area (Å²) in [6, 6.07) is 16.7. The lowest BCUT2D eigenvalue weighted by Gasteiger charge is -2.18. The van der Waals surface area contributed by atoms with Gasteiger partial charge in [-0.3, -0.25) is 14.7 Å². The summed E-state index contributed by atoms with van der Waals surface area (Å²) in [5.74, 6) is 1.97. The van der Waals surface area contributed by atoms with Crippen molar-refractivity contribution in [3.05, 3.63) is 60.2 Å². The maximum Gasteiger partial charge on any atom is 0.263 e. The first kappa shape index (κ1) is 13.4. The van der Waals surface area contributed by atoms with Gasteiger partial charge in [0.1, 0.15) is 17.3 Å². The Labute approximate surface area is 123 Å². The number of amides is 1. The van der Waals surface area contributed by atoms with E-state index in [9.17, 15) is 4.79 Å². The summed E-state index contributed by atoms with van der Waals surface area (Å²) in [6.07, 6.45) is 0. The van der Waals surface area contributed by atoms with Crippen LogP contribution in [0.15, 0.2) is 59.6 Å². The van der Waals surface area contributed by atoms with E-state index in [0.717, 1.165) is 5.84 Å². The molecule has 1 heterocycles. The van der Waals surface area contributed by atoms with Crippen molar-refractivity contribution in [3.63, 3.8) is 0 Å². The SMILES string of the molecule is CC1=NCCN1C(=O)c1ccccc1Oc1ccccc1. The molecule has 0 saturated carbocycles. The largest absolute Gasteiger partial charge is 0.457 e. The van der Waals surface area contributed by atoms with Crippen molar-refractivity contribution in [2.75, 3.05) is 13.1 Å². The fraction of sp³-hybridized carbons (Fsp3) is 0.176. The number of hydrogen-bond donors (Lipinski definition) is 0. The number of carbonyl (C=O) groups is 1. The monoisotopic (exact) mass is 280 g/mol. The van der Waals surface area contributed by atoms with Crippen LogP contribution in [0.4, 0.5) is 0 Å². The third-order valence-corrected chi connectivity index (χ3v) is 3.39. The lowest BCUT2D eigenvalue weighted by Crippen LogP contribution is -2.32. The molecule has 4 heteroatoms. The van der Waals surface area contributed by atoms with Gasteiger partial charge < -0.3 is 4.74 Å². The van der Waals surface area contributed by atoms with Crippen molar-refractivity contribution in [2.45, 2.75) is 6.92 Å². The van der Waals surface area contributed by atoms with Crippen LogP contribution in [0.3, 0.4) is 0 Å². The molecule has 0 unspecified atom stereocenters. The zero-order chi connectivity index (χ0) is 14.7. The number of amidine groups is 1. The van der Waals surface area contributed by atoms with E-state index in [4.69, 9.17) is 4.74 Å². The van der Waals surface area contributed by atoms with E-state index >= 15 is 0 Å². The van der Waals surface area contributed by atoms with Gasteiger partial charge in [-0.1, -0.05) is 30.3 Å². The predicted molar refractivity (Wildman–Crippen MR) is 82.0 cm³/mol. The van der Waals surface area contributed by atoms with Crippen molar-refractivity contribution in [1.82, 2.24) is 4.90 Å². The van der Waals surface area contributed by atoms with Crippen molar-refractivity contribution >= 4 is 11.7 Å². The number of hydrogen-bond acceptors (Lipinski definition) is 3. The Morgan fingerprint density at radius 3 is 2.52 bits per heavy atom. The molecule has 106 valence electrons. The first-order valence-corrected chi connectivity index (χ1v) is 6.90. The molecule has 4 nitrogen and oxygen atoms in total. The molecule has 0 bridgehead atoms. The number of benzene rings is 2. The Hall–Kier alpha value is -2.62. The first-order chi connectivity index (χ1) is 10.3. The Balaban J connectivity index is 1.89. The zero-order valence-corrected chi connectivity index (χ0v) is 11.8. The van der Waals surface area contributed by atoms with Gasteiger partial charge in [0, 0.05) is 6.54 Å². The highest BCUT2D eigenvalue weighted by molar-refractivity contribution is 6.07. The molecule has 0 aromatic heterocycles. The molecule has 0 fully saturated rings. The van der Waals surface area contributed by atoms with Crippen LogP contribution >= 0.6 is 0 Å². The van der Waals surface area contributed by atoms with Crippen LogP contribution in [-0.2, 0) is 0 Å². The normalized spacial score (nSPS) is 14.0. The Kier molecular flexibility index (Phi) is 3.69. The molecule has 1 amide bonds. The van der Waals surface area contributed by atoms with Crippen LogP contribution in [-0.4, -0.2) is 29.7 Å². The number of nitrogens with zero attached hydrogens (tertiary/aromatic N) is 2. The molecule has 1 aliphatic heterocycles. The van der Waals surface area contributed by atoms with Gasteiger partial charge in [-0.05, 0) is 31.2 Å².